The molecule has 0 aliphatic carbocycles. The number of amides is 1. The van der Waals surface area contributed by atoms with Crippen LogP contribution in [0.3, 0.4) is 0 Å². The third kappa shape index (κ3) is 8.31. The van der Waals surface area contributed by atoms with Gasteiger partial charge in [-0.3, -0.25) is 14.5 Å². The number of imidazole rings is 1. The van der Waals surface area contributed by atoms with Crippen LogP contribution in [-0.2, 0) is 16.1 Å². The Morgan fingerprint density at radius 3 is 2.36 bits per heavy atom. The number of benzene rings is 3. The maximum absolute atomic E-state index is 13.9. The fraction of sp³-hybridized carbons (Fsp3) is 0.447. The minimum atomic E-state index is -0.288. The van der Waals surface area contributed by atoms with Gasteiger partial charge in [-0.15, -0.1) is 0 Å². The number of ether oxygens (including phenoxy) is 5. The summed E-state index contributed by atoms with van der Waals surface area (Å²) < 4.78 is 29.3. The van der Waals surface area contributed by atoms with Crippen molar-refractivity contribution in [3.8, 4) is 23.0 Å². The molecule has 3 aromatic carbocycles. The van der Waals surface area contributed by atoms with Crippen molar-refractivity contribution in [3.05, 3.63) is 77.6 Å². The molecule has 2 unspecified atom stereocenters. The van der Waals surface area contributed by atoms with Gasteiger partial charge in [0.2, 0.25) is 5.75 Å². The Bertz CT molecular complexity index is 1720. The average molecular weight is 688 g/mol. The molecule has 2 heterocycles. The lowest BCUT2D eigenvalue weighted by molar-refractivity contribution is -0.143. The Labute approximate surface area is 294 Å². The van der Waals surface area contributed by atoms with E-state index in [1.54, 1.807) is 24.1 Å². The van der Waals surface area contributed by atoms with Gasteiger partial charge in [0.1, 0.15) is 18.1 Å². The molecular formula is C38H49N5O7. The van der Waals surface area contributed by atoms with E-state index in [1.807, 2.05) is 54.9 Å². The zero-order valence-corrected chi connectivity index (χ0v) is 29.9. The Hall–Kier alpha value is -4.81. The molecular weight excluding hydrogens is 638 g/mol. The van der Waals surface area contributed by atoms with Crippen molar-refractivity contribution >= 4 is 22.9 Å². The van der Waals surface area contributed by atoms with Gasteiger partial charge in [0.25, 0.3) is 5.91 Å². The number of likely N-dealkylation sites (N-methyl/N-ethyl adjacent to an activating group) is 1. The SMILES string of the molecule is CCOC(=O)Cn1c(C2CNCCCN2CCC(CN(C)C(=O)c2cc(OC)c(OC)c(OC)c2)c2ccc(OC)cc2)nc2ccccc21. The highest BCUT2D eigenvalue weighted by atomic mass is 16.5. The summed E-state index contributed by atoms with van der Waals surface area (Å²) in [6.45, 7) is 5.89. The fourth-order valence-corrected chi connectivity index (χ4v) is 6.70. The van der Waals surface area contributed by atoms with Crippen LogP contribution in [0.4, 0.5) is 0 Å². The first-order valence-corrected chi connectivity index (χ1v) is 17.1. The molecule has 1 amide bonds. The lowest BCUT2D eigenvalue weighted by atomic mass is 9.94. The lowest BCUT2D eigenvalue weighted by Crippen LogP contribution is -2.37. The predicted octanol–water partition coefficient (Wildman–Crippen LogP) is 4.92. The van der Waals surface area contributed by atoms with Crippen LogP contribution >= 0.6 is 0 Å². The zero-order valence-electron chi connectivity index (χ0n) is 29.9. The molecule has 0 saturated carbocycles. The van der Waals surface area contributed by atoms with Gasteiger partial charge >= 0.3 is 5.97 Å². The average Bonchev–Trinajstić information content (AvgIpc) is 3.32. The van der Waals surface area contributed by atoms with Crippen molar-refractivity contribution < 1.29 is 33.3 Å². The van der Waals surface area contributed by atoms with Crippen LogP contribution in [0.15, 0.2) is 60.7 Å². The van der Waals surface area contributed by atoms with Gasteiger partial charge in [-0.1, -0.05) is 24.3 Å². The second kappa shape index (κ2) is 17.2. The molecule has 5 rings (SSSR count). The normalized spacial score (nSPS) is 15.6. The first-order chi connectivity index (χ1) is 24.3. The third-order valence-corrected chi connectivity index (χ3v) is 9.26. The molecule has 1 fully saturated rings. The van der Waals surface area contributed by atoms with Gasteiger partial charge in [0.05, 0.1) is 52.1 Å². The Kier molecular flexibility index (Phi) is 12.6. The Morgan fingerprint density at radius 2 is 1.70 bits per heavy atom. The van der Waals surface area contributed by atoms with Crippen LogP contribution in [0.5, 0.6) is 23.0 Å². The van der Waals surface area contributed by atoms with E-state index in [0.717, 1.165) is 60.6 Å². The second-order valence-corrected chi connectivity index (χ2v) is 12.3. The van der Waals surface area contributed by atoms with Crippen molar-refractivity contribution in [1.82, 2.24) is 24.7 Å². The van der Waals surface area contributed by atoms with E-state index in [2.05, 4.69) is 22.3 Å². The van der Waals surface area contributed by atoms with E-state index in [9.17, 15) is 9.59 Å². The van der Waals surface area contributed by atoms with Gasteiger partial charge in [-0.25, -0.2) is 4.98 Å². The minimum Gasteiger partial charge on any atom is -0.497 e. The Morgan fingerprint density at radius 1 is 0.980 bits per heavy atom. The minimum absolute atomic E-state index is 0.00658. The topological polar surface area (TPSA) is 117 Å². The summed E-state index contributed by atoms with van der Waals surface area (Å²) in [6, 6.07) is 19.3. The standard InChI is InChI=1S/C38H49N5O7/c1-7-50-35(44)25-43-31-12-9-8-11-30(31)40-37(43)32-23-39-18-10-19-42(32)20-17-27(26-13-15-29(46-3)16-14-26)24-41(2)38(45)28-21-33(47-4)36(49-6)34(22-28)48-5/h8-9,11-16,21-22,27,32,39H,7,10,17-20,23-25H2,1-6H3. The van der Waals surface area contributed by atoms with E-state index in [4.69, 9.17) is 28.7 Å². The molecule has 1 aliphatic rings. The van der Waals surface area contributed by atoms with Crippen molar-refractivity contribution in [2.45, 2.75) is 38.3 Å². The molecule has 1 N–H and O–H groups in total. The van der Waals surface area contributed by atoms with E-state index in [1.165, 1.54) is 21.3 Å². The fourth-order valence-electron chi connectivity index (χ4n) is 6.70. The van der Waals surface area contributed by atoms with Crippen LogP contribution in [0.2, 0.25) is 0 Å². The molecule has 50 heavy (non-hydrogen) atoms. The van der Waals surface area contributed by atoms with Gasteiger partial charge in [-0.2, -0.15) is 0 Å². The number of nitrogens with one attached hydrogen (secondary N) is 1. The van der Waals surface area contributed by atoms with Gasteiger partial charge < -0.3 is 38.5 Å². The number of rotatable bonds is 15. The molecule has 0 spiro atoms. The first kappa shape index (κ1) is 36.5. The third-order valence-electron chi connectivity index (χ3n) is 9.26. The number of para-hydroxylation sites is 2. The van der Waals surface area contributed by atoms with E-state index in [0.29, 0.717) is 42.5 Å². The Balaban J connectivity index is 1.43. The van der Waals surface area contributed by atoms with E-state index >= 15 is 0 Å². The molecule has 1 aromatic heterocycles. The van der Waals surface area contributed by atoms with Crippen LogP contribution in [-0.4, -0.2) is 106 Å². The number of esters is 1. The molecule has 0 bridgehead atoms. The highest BCUT2D eigenvalue weighted by Crippen LogP contribution is 2.39. The molecule has 0 radical (unpaired) electrons. The number of carbonyl (C=O) groups excluding carboxylic acids is 2. The zero-order chi connectivity index (χ0) is 35.6. The van der Waals surface area contributed by atoms with Crippen LogP contribution < -0.4 is 24.3 Å². The van der Waals surface area contributed by atoms with E-state index in [-0.39, 0.29) is 30.4 Å². The quantitative estimate of drug-likeness (QED) is 0.173. The summed E-state index contributed by atoms with van der Waals surface area (Å²) in [5.74, 6) is 2.44. The van der Waals surface area contributed by atoms with Gasteiger partial charge in [-0.05, 0) is 74.8 Å². The molecule has 12 nitrogen and oxygen atoms in total. The van der Waals surface area contributed by atoms with Crippen molar-refractivity contribution in [2.75, 3.05) is 74.8 Å². The number of methoxy groups -OCH3 is 4. The highest BCUT2D eigenvalue weighted by Gasteiger charge is 2.30. The number of carbonyl (C=O) groups is 2. The maximum Gasteiger partial charge on any atom is 0.326 e. The molecule has 1 saturated heterocycles. The summed E-state index contributed by atoms with van der Waals surface area (Å²) >= 11 is 0. The van der Waals surface area contributed by atoms with Crippen LogP contribution in [0.1, 0.15) is 53.5 Å². The van der Waals surface area contributed by atoms with Crippen LogP contribution in [0.25, 0.3) is 11.0 Å². The molecule has 268 valence electrons. The van der Waals surface area contributed by atoms with Gasteiger partial charge in [0, 0.05) is 38.2 Å². The van der Waals surface area contributed by atoms with Crippen molar-refractivity contribution in [3.63, 3.8) is 0 Å². The lowest BCUT2D eigenvalue weighted by Gasteiger charge is -2.32. The number of hydrogen-bond donors (Lipinski definition) is 1. The molecule has 4 aromatic rings. The summed E-state index contributed by atoms with van der Waals surface area (Å²) in [6.07, 6.45) is 1.75. The van der Waals surface area contributed by atoms with Crippen LogP contribution in [0, 0.1) is 0 Å². The first-order valence-electron chi connectivity index (χ1n) is 17.1. The summed E-state index contributed by atoms with van der Waals surface area (Å²) in [7, 11) is 8.07. The summed E-state index contributed by atoms with van der Waals surface area (Å²) in [4.78, 5) is 35.9. The largest absolute Gasteiger partial charge is 0.497 e. The number of fused-ring (bicyclic) bond motifs is 1. The summed E-state index contributed by atoms with van der Waals surface area (Å²) in [5, 5.41) is 3.59. The van der Waals surface area contributed by atoms with E-state index < -0.39 is 0 Å². The molecule has 1 aliphatic heterocycles. The maximum atomic E-state index is 13.9. The molecule has 12 heteroatoms. The number of aromatic nitrogens is 2. The second-order valence-electron chi connectivity index (χ2n) is 12.3. The highest BCUT2D eigenvalue weighted by molar-refractivity contribution is 5.95. The molecule has 2 atom stereocenters. The summed E-state index contributed by atoms with van der Waals surface area (Å²) in [5.41, 5.74) is 3.30. The van der Waals surface area contributed by atoms with Gasteiger partial charge in [0.15, 0.2) is 11.5 Å². The monoisotopic (exact) mass is 687 g/mol. The number of hydrogen-bond acceptors (Lipinski definition) is 10. The van der Waals surface area contributed by atoms with Crippen molar-refractivity contribution in [2.24, 2.45) is 0 Å². The number of nitrogens with zero attached hydrogens (tertiary/aromatic N) is 4. The predicted molar refractivity (Wildman–Crippen MR) is 192 cm³/mol. The van der Waals surface area contributed by atoms with Crippen molar-refractivity contribution in [1.29, 1.82) is 0 Å². The smallest absolute Gasteiger partial charge is 0.326 e.